The summed E-state index contributed by atoms with van der Waals surface area (Å²) in [5.41, 5.74) is 0.165. The molecule has 3 nitrogen and oxygen atoms in total. The normalized spacial score (nSPS) is 27.9. The fourth-order valence-corrected chi connectivity index (χ4v) is 4.15. The first-order chi connectivity index (χ1) is 10.5. The van der Waals surface area contributed by atoms with E-state index in [-0.39, 0.29) is 23.3 Å². The van der Waals surface area contributed by atoms with E-state index in [1.807, 2.05) is 6.92 Å². The maximum atomic E-state index is 12.4. The summed E-state index contributed by atoms with van der Waals surface area (Å²) >= 11 is 0. The summed E-state index contributed by atoms with van der Waals surface area (Å²) in [5, 5.41) is 2.97. The third-order valence-corrected chi connectivity index (χ3v) is 5.14. The summed E-state index contributed by atoms with van der Waals surface area (Å²) in [6.07, 6.45) is 5.00. The van der Waals surface area contributed by atoms with Crippen LogP contribution < -0.4 is 10.1 Å². The highest BCUT2D eigenvalue weighted by atomic mass is 19.3. The Balaban J connectivity index is 1.67. The zero-order valence-corrected chi connectivity index (χ0v) is 12.6. The van der Waals surface area contributed by atoms with E-state index in [2.05, 4.69) is 10.1 Å². The summed E-state index contributed by atoms with van der Waals surface area (Å²) in [6.45, 7) is -0.920. The van der Waals surface area contributed by atoms with Gasteiger partial charge in [-0.05, 0) is 56.1 Å². The molecular formula is C17H21F2NO2. The Bertz CT molecular complexity index is 549. The largest absolute Gasteiger partial charge is 0.434 e. The molecule has 0 radical (unpaired) electrons. The average Bonchev–Trinajstić information content (AvgIpc) is 3.09. The van der Waals surface area contributed by atoms with E-state index >= 15 is 0 Å². The summed E-state index contributed by atoms with van der Waals surface area (Å²) in [7, 11) is 0. The second-order valence-corrected chi connectivity index (χ2v) is 6.48. The number of fused-ring (bicyclic) bond motifs is 2. The standard InChI is InChI=1S/C17H21F2NO2/c1-10(14-9-11-6-7-12(14)8-11)20-16(21)13-4-2-3-5-15(13)22-17(18)19/h2-5,10-12,14,17H,6-9H2,1H3,(H,20,21). The molecule has 2 fully saturated rings. The van der Waals surface area contributed by atoms with Crippen LogP contribution in [-0.4, -0.2) is 18.6 Å². The molecule has 4 unspecified atom stereocenters. The molecule has 2 saturated carbocycles. The lowest BCUT2D eigenvalue weighted by Gasteiger charge is -2.28. The maximum absolute atomic E-state index is 12.4. The van der Waals surface area contributed by atoms with Crippen LogP contribution in [0.1, 0.15) is 43.0 Å². The minimum atomic E-state index is -2.93. The molecule has 4 atom stereocenters. The van der Waals surface area contributed by atoms with E-state index < -0.39 is 6.61 Å². The highest BCUT2D eigenvalue weighted by Crippen LogP contribution is 2.49. The molecule has 0 aromatic heterocycles. The van der Waals surface area contributed by atoms with Crippen molar-refractivity contribution in [2.75, 3.05) is 0 Å². The molecule has 22 heavy (non-hydrogen) atoms. The molecule has 1 aromatic rings. The van der Waals surface area contributed by atoms with E-state index in [4.69, 9.17) is 0 Å². The second kappa shape index (κ2) is 6.23. The lowest BCUT2D eigenvalue weighted by Crippen LogP contribution is -2.40. The van der Waals surface area contributed by atoms with Gasteiger partial charge in [0.05, 0.1) is 5.56 Å². The zero-order valence-electron chi connectivity index (χ0n) is 12.6. The van der Waals surface area contributed by atoms with Gasteiger partial charge < -0.3 is 10.1 Å². The van der Waals surface area contributed by atoms with Gasteiger partial charge in [-0.3, -0.25) is 4.79 Å². The first-order valence-corrected chi connectivity index (χ1v) is 7.89. The van der Waals surface area contributed by atoms with E-state index in [9.17, 15) is 13.6 Å². The highest BCUT2D eigenvalue weighted by Gasteiger charge is 2.42. The van der Waals surface area contributed by atoms with Crippen molar-refractivity contribution in [3.8, 4) is 5.75 Å². The van der Waals surface area contributed by atoms with Crippen LogP contribution in [0, 0.1) is 17.8 Å². The third-order valence-electron chi connectivity index (χ3n) is 5.14. The Hall–Kier alpha value is -1.65. The number of amides is 1. The van der Waals surface area contributed by atoms with Crippen LogP contribution in [0.5, 0.6) is 5.75 Å². The van der Waals surface area contributed by atoms with Gasteiger partial charge in [-0.15, -0.1) is 0 Å². The molecule has 0 heterocycles. The van der Waals surface area contributed by atoms with Gasteiger partial charge in [0.25, 0.3) is 5.91 Å². The molecule has 2 aliphatic carbocycles. The van der Waals surface area contributed by atoms with Gasteiger partial charge in [0.2, 0.25) is 0 Å². The lowest BCUT2D eigenvalue weighted by molar-refractivity contribution is -0.0501. The molecule has 3 rings (SSSR count). The Morgan fingerprint density at radius 1 is 1.27 bits per heavy atom. The summed E-state index contributed by atoms with van der Waals surface area (Å²) in [4.78, 5) is 12.4. The Morgan fingerprint density at radius 3 is 2.68 bits per heavy atom. The third kappa shape index (κ3) is 3.08. The van der Waals surface area contributed by atoms with Gasteiger partial charge in [0.1, 0.15) is 5.75 Å². The predicted molar refractivity (Wildman–Crippen MR) is 78.9 cm³/mol. The lowest BCUT2D eigenvalue weighted by atomic mass is 9.84. The number of carbonyl (C=O) groups is 1. The summed E-state index contributed by atoms with van der Waals surface area (Å²) < 4.78 is 29.3. The maximum Gasteiger partial charge on any atom is 0.387 e. The molecule has 1 amide bonds. The van der Waals surface area contributed by atoms with Crippen molar-refractivity contribution in [3.63, 3.8) is 0 Å². The highest BCUT2D eigenvalue weighted by molar-refractivity contribution is 5.97. The van der Waals surface area contributed by atoms with Gasteiger partial charge in [-0.25, -0.2) is 0 Å². The number of para-hydroxylation sites is 1. The number of rotatable bonds is 5. The molecule has 0 saturated heterocycles. The van der Waals surface area contributed by atoms with Gasteiger partial charge >= 0.3 is 6.61 Å². The quantitative estimate of drug-likeness (QED) is 0.897. The van der Waals surface area contributed by atoms with Crippen LogP contribution in [-0.2, 0) is 0 Å². The molecule has 120 valence electrons. The number of halogens is 2. The van der Waals surface area contributed by atoms with Crippen LogP contribution >= 0.6 is 0 Å². The van der Waals surface area contributed by atoms with Crippen molar-refractivity contribution >= 4 is 5.91 Å². The number of alkyl halides is 2. The van der Waals surface area contributed by atoms with Crippen LogP contribution in [0.4, 0.5) is 8.78 Å². The van der Waals surface area contributed by atoms with Crippen LogP contribution in [0.25, 0.3) is 0 Å². The van der Waals surface area contributed by atoms with E-state index in [1.165, 1.54) is 37.8 Å². The van der Waals surface area contributed by atoms with Gasteiger partial charge in [0, 0.05) is 6.04 Å². The monoisotopic (exact) mass is 309 g/mol. The predicted octanol–water partition coefficient (Wildman–Crippen LogP) is 3.84. The fourth-order valence-electron chi connectivity index (χ4n) is 4.15. The van der Waals surface area contributed by atoms with Crippen molar-refractivity contribution in [1.82, 2.24) is 5.32 Å². The molecule has 1 N–H and O–H groups in total. The van der Waals surface area contributed by atoms with Crippen molar-refractivity contribution in [2.45, 2.75) is 45.3 Å². The Labute approximate surface area is 129 Å². The second-order valence-electron chi connectivity index (χ2n) is 6.48. The Kier molecular flexibility index (Phi) is 4.32. The van der Waals surface area contributed by atoms with E-state index in [0.717, 1.165) is 5.92 Å². The fraction of sp³-hybridized carbons (Fsp3) is 0.588. The van der Waals surface area contributed by atoms with E-state index in [1.54, 1.807) is 12.1 Å². The molecular weight excluding hydrogens is 288 g/mol. The van der Waals surface area contributed by atoms with E-state index in [0.29, 0.717) is 11.8 Å². The van der Waals surface area contributed by atoms with Crippen molar-refractivity contribution < 1.29 is 18.3 Å². The van der Waals surface area contributed by atoms with Gasteiger partial charge in [-0.2, -0.15) is 8.78 Å². The molecule has 2 bridgehead atoms. The minimum absolute atomic E-state index is 0.0578. The van der Waals surface area contributed by atoms with Crippen molar-refractivity contribution in [1.29, 1.82) is 0 Å². The molecule has 1 aromatic carbocycles. The SMILES string of the molecule is CC(NC(=O)c1ccccc1OC(F)F)C1CC2CCC1C2. The van der Waals surface area contributed by atoms with Gasteiger partial charge in [-0.1, -0.05) is 18.6 Å². The number of ether oxygens (including phenoxy) is 1. The van der Waals surface area contributed by atoms with Gasteiger partial charge in [0.15, 0.2) is 0 Å². The zero-order chi connectivity index (χ0) is 15.7. The number of nitrogens with one attached hydrogen (secondary N) is 1. The van der Waals surface area contributed by atoms with Crippen LogP contribution in [0.3, 0.4) is 0 Å². The molecule has 5 heteroatoms. The van der Waals surface area contributed by atoms with Crippen LogP contribution in [0.2, 0.25) is 0 Å². The van der Waals surface area contributed by atoms with Crippen molar-refractivity contribution in [3.05, 3.63) is 29.8 Å². The first kappa shape index (κ1) is 15.3. The number of hydrogen-bond acceptors (Lipinski definition) is 2. The number of carbonyl (C=O) groups excluding carboxylic acids is 1. The first-order valence-electron chi connectivity index (χ1n) is 7.89. The molecule has 2 aliphatic rings. The van der Waals surface area contributed by atoms with Crippen molar-refractivity contribution in [2.24, 2.45) is 17.8 Å². The summed E-state index contributed by atoms with van der Waals surface area (Å²) in [5.74, 6) is 1.60. The minimum Gasteiger partial charge on any atom is -0.434 e. The summed E-state index contributed by atoms with van der Waals surface area (Å²) in [6, 6.07) is 6.19. The number of hydrogen-bond donors (Lipinski definition) is 1. The molecule has 0 spiro atoms. The molecule has 0 aliphatic heterocycles. The smallest absolute Gasteiger partial charge is 0.387 e. The topological polar surface area (TPSA) is 38.3 Å². The average molecular weight is 309 g/mol. The number of benzene rings is 1. The Morgan fingerprint density at radius 2 is 2.05 bits per heavy atom. The van der Waals surface area contributed by atoms with Crippen LogP contribution in [0.15, 0.2) is 24.3 Å².